The van der Waals surface area contributed by atoms with Gasteiger partial charge in [0, 0.05) is 52.4 Å². The zero-order valence-corrected chi connectivity index (χ0v) is 22.3. The van der Waals surface area contributed by atoms with E-state index in [4.69, 9.17) is 9.72 Å². The Hall–Kier alpha value is -2.23. The number of anilines is 1. The second kappa shape index (κ2) is 11.4. The van der Waals surface area contributed by atoms with Crippen molar-refractivity contribution in [1.82, 2.24) is 29.9 Å². The number of carbonyl (C=O) groups is 1. The molecule has 3 saturated heterocycles. The molecule has 0 saturated carbocycles. The number of hydrogen-bond acceptors (Lipinski definition) is 7. The van der Waals surface area contributed by atoms with E-state index in [2.05, 4.69) is 32.0 Å². The van der Waals surface area contributed by atoms with Crippen LogP contribution >= 0.6 is 0 Å². The summed E-state index contributed by atoms with van der Waals surface area (Å²) in [6.07, 6.45) is 8.14. The number of fused-ring (bicyclic) bond motifs is 1. The first-order valence-electron chi connectivity index (χ1n) is 13.9. The standard InChI is InChI=1S/C27H43N7O2/c1-20-7-6-8-22(19-36-3)34(20)24-10-9-23-25(30-31(2)26(23)29-24)27(35)28-21-11-15-33(16-12-21)18-17-32-13-4-5-14-32/h9-10,20-22H,4-8,11-19H2,1-3H3,(H,28,35). The number of nitrogens with one attached hydrogen (secondary N) is 1. The van der Waals surface area contributed by atoms with Gasteiger partial charge < -0.3 is 24.8 Å². The van der Waals surface area contributed by atoms with Crippen molar-refractivity contribution in [3.8, 4) is 0 Å². The highest BCUT2D eigenvalue weighted by Gasteiger charge is 2.30. The number of likely N-dealkylation sites (tertiary alicyclic amines) is 2. The third kappa shape index (κ3) is 5.53. The minimum Gasteiger partial charge on any atom is -0.383 e. The van der Waals surface area contributed by atoms with E-state index in [1.807, 2.05) is 19.2 Å². The van der Waals surface area contributed by atoms with E-state index in [-0.39, 0.29) is 11.9 Å². The predicted molar refractivity (Wildman–Crippen MR) is 143 cm³/mol. The van der Waals surface area contributed by atoms with Crippen LogP contribution in [-0.4, -0.2) is 102 Å². The highest BCUT2D eigenvalue weighted by atomic mass is 16.5. The Balaban J connectivity index is 1.22. The largest absolute Gasteiger partial charge is 0.383 e. The molecule has 5 heterocycles. The number of methoxy groups -OCH3 is 1. The zero-order chi connectivity index (χ0) is 25.1. The van der Waals surface area contributed by atoms with Gasteiger partial charge in [-0.1, -0.05) is 0 Å². The molecule has 9 nitrogen and oxygen atoms in total. The minimum absolute atomic E-state index is 0.0886. The zero-order valence-electron chi connectivity index (χ0n) is 22.3. The smallest absolute Gasteiger partial charge is 0.272 e. The second-order valence-corrected chi connectivity index (χ2v) is 10.9. The number of nitrogens with zero attached hydrogens (tertiary/aromatic N) is 6. The number of aryl methyl sites for hydroxylation is 1. The van der Waals surface area contributed by atoms with Gasteiger partial charge in [0.05, 0.1) is 18.0 Å². The third-order valence-electron chi connectivity index (χ3n) is 8.39. The van der Waals surface area contributed by atoms with Crippen molar-refractivity contribution >= 4 is 22.8 Å². The Bertz CT molecular complexity index is 1020. The SMILES string of the molecule is COCC1CCCC(C)N1c1ccc2c(C(=O)NC3CCN(CCN4CCCC4)CC3)nn(C)c2n1. The van der Waals surface area contributed by atoms with E-state index in [0.717, 1.165) is 62.2 Å². The Kier molecular flexibility index (Phi) is 8.08. The van der Waals surface area contributed by atoms with E-state index >= 15 is 0 Å². The van der Waals surface area contributed by atoms with E-state index in [1.165, 1.54) is 38.9 Å². The Labute approximate surface area is 215 Å². The number of pyridine rings is 1. The fourth-order valence-corrected chi connectivity index (χ4v) is 6.33. The summed E-state index contributed by atoms with van der Waals surface area (Å²) < 4.78 is 7.24. The average molecular weight is 498 g/mol. The molecule has 5 rings (SSSR count). The molecule has 3 aliphatic heterocycles. The molecular formula is C27H43N7O2. The summed E-state index contributed by atoms with van der Waals surface area (Å²) in [5.41, 5.74) is 1.23. The van der Waals surface area contributed by atoms with E-state index < -0.39 is 0 Å². The molecule has 0 aliphatic carbocycles. The van der Waals surface area contributed by atoms with Gasteiger partial charge in [-0.15, -0.1) is 0 Å². The van der Waals surface area contributed by atoms with Crippen LogP contribution in [0.1, 0.15) is 62.4 Å². The first-order valence-corrected chi connectivity index (χ1v) is 13.9. The van der Waals surface area contributed by atoms with Crippen LogP contribution in [0.5, 0.6) is 0 Å². The number of carbonyl (C=O) groups excluding carboxylic acids is 1. The maximum absolute atomic E-state index is 13.2. The van der Waals surface area contributed by atoms with E-state index in [0.29, 0.717) is 24.4 Å². The summed E-state index contributed by atoms with van der Waals surface area (Å²) in [5, 5.41) is 8.66. The van der Waals surface area contributed by atoms with Gasteiger partial charge in [-0.3, -0.25) is 4.79 Å². The Morgan fingerprint density at radius 3 is 2.47 bits per heavy atom. The van der Waals surface area contributed by atoms with E-state index in [1.54, 1.807) is 11.8 Å². The molecular weight excluding hydrogens is 454 g/mol. The molecule has 1 N–H and O–H groups in total. The van der Waals surface area contributed by atoms with Crippen molar-refractivity contribution in [2.45, 2.75) is 70.0 Å². The van der Waals surface area contributed by atoms with Crippen LogP contribution in [0.15, 0.2) is 12.1 Å². The summed E-state index contributed by atoms with van der Waals surface area (Å²) >= 11 is 0. The van der Waals surface area contributed by atoms with Gasteiger partial charge >= 0.3 is 0 Å². The second-order valence-electron chi connectivity index (χ2n) is 10.9. The van der Waals surface area contributed by atoms with Crippen molar-refractivity contribution < 1.29 is 9.53 Å². The van der Waals surface area contributed by atoms with Gasteiger partial charge in [0.1, 0.15) is 5.82 Å². The lowest BCUT2D eigenvalue weighted by atomic mass is 9.97. The average Bonchev–Trinajstić information content (AvgIpc) is 3.52. The number of rotatable bonds is 8. The summed E-state index contributed by atoms with van der Waals surface area (Å²) in [6.45, 7) is 9.87. The summed E-state index contributed by atoms with van der Waals surface area (Å²) in [6, 6.07) is 4.99. The van der Waals surface area contributed by atoms with Crippen LogP contribution in [0, 0.1) is 0 Å². The van der Waals surface area contributed by atoms with Gasteiger partial charge in [-0.2, -0.15) is 5.10 Å². The maximum atomic E-state index is 13.2. The van der Waals surface area contributed by atoms with Crippen LogP contribution in [0.25, 0.3) is 11.0 Å². The Morgan fingerprint density at radius 1 is 1.03 bits per heavy atom. The van der Waals surface area contributed by atoms with Crippen molar-refractivity contribution in [3.05, 3.63) is 17.8 Å². The monoisotopic (exact) mass is 497 g/mol. The van der Waals surface area contributed by atoms with Crippen LogP contribution in [-0.2, 0) is 11.8 Å². The van der Waals surface area contributed by atoms with Gasteiger partial charge in [0.25, 0.3) is 5.91 Å². The van der Waals surface area contributed by atoms with Crippen molar-refractivity contribution in [1.29, 1.82) is 0 Å². The van der Waals surface area contributed by atoms with Gasteiger partial charge in [-0.25, -0.2) is 9.67 Å². The predicted octanol–water partition coefficient (Wildman–Crippen LogP) is 2.65. The molecule has 36 heavy (non-hydrogen) atoms. The van der Waals surface area contributed by atoms with Gasteiger partial charge in [0.15, 0.2) is 11.3 Å². The molecule has 3 fully saturated rings. The molecule has 2 aromatic rings. The molecule has 2 unspecified atom stereocenters. The first kappa shape index (κ1) is 25.4. The molecule has 0 bridgehead atoms. The highest BCUT2D eigenvalue weighted by molar-refractivity contribution is 6.04. The van der Waals surface area contributed by atoms with Crippen LogP contribution in [0.4, 0.5) is 5.82 Å². The fraction of sp³-hybridized carbons (Fsp3) is 0.741. The van der Waals surface area contributed by atoms with Crippen molar-refractivity contribution in [3.63, 3.8) is 0 Å². The van der Waals surface area contributed by atoms with Crippen LogP contribution < -0.4 is 10.2 Å². The lowest BCUT2D eigenvalue weighted by Crippen LogP contribution is -2.48. The molecule has 198 valence electrons. The summed E-state index contributed by atoms with van der Waals surface area (Å²) in [7, 11) is 3.64. The molecule has 2 atom stereocenters. The number of hydrogen-bond donors (Lipinski definition) is 1. The van der Waals surface area contributed by atoms with Gasteiger partial charge in [0.2, 0.25) is 0 Å². The molecule has 3 aliphatic rings. The summed E-state index contributed by atoms with van der Waals surface area (Å²) in [5.74, 6) is 0.849. The molecule has 9 heteroatoms. The molecule has 0 aromatic carbocycles. The third-order valence-corrected chi connectivity index (χ3v) is 8.39. The lowest BCUT2D eigenvalue weighted by Gasteiger charge is -2.41. The highest BCUT2D eigenvalue weighted by Crippen LogP contribution is 2.30. The Morgan fingerprint density at radius 2 is 1.75 bits per heavy atom. The van der Waals surface area contributed by atoms with Crippen LogP contribution in [0.2, 0.25) is 0 Å². The quantitative estimate of drug-likeness (QED) is 0.601. The summed E-state index contributed by atoms with van der Waals surface area (Å²) in [4.78, 5) is 25.7. The normalized spacial score (nSPS) is 24.6. The number of piperidine rings is 2. The lowest BCUT2D eigenvalue weighted by molar-refractivity contribution is 0.0904. The first-order chi connectivity index (χ1) is 17.5. The number of aromatic nitrogens is 3. The van der Waals surface area contributed by atoms with Gasteiger partial charge in [-0.05, 0) is 77.1 Å². The molecule has 2 aromatic heterocycles. The minimum atomic E-state index is -0.0886. The topological polar surface area (TPSA) is 78.8 Å². The maximum Gasteiger partial charge on any atom is 0.272 e. The van der Waals surface area contributed by atoms with Crippen LogP contribution in [0.3, 0.4) is 0 Å². The van der Waals surface area contributed by atoms with Crippen molar-refractivity contribution in [2.75, 3.05) is 57.9 Å². The molecule has 0 spiro atoms. The van der Waals surface area contributed by atoms with Crippen molar-refractivity contribution in [2.24, 2.45) is 7.05 Å². The fourth-order valence-electron chi connectivity index (χ4n) is 6.33. The molecule has 0 radical (unpaired) electrons. The van der Waals surface area contributed by atoms with E-state index in [9.17, 15) is 4.79 Å². The number of amides is 1. The molecule has 1 amide bonds. The number of ether oxygens (including phenoxy) is 1.